The smallest absolute Gasteiger partial charge is 0.198 e. The fourth-order valence-electron chi connectivity index (χ4n) is 3.41. The largest absolute Gasteiger partial charge is 0.356 e. The summed E-state index contributed by atoms with van der Waals surface area (Å²) in [6.45, 7) is 4.49. The van der Waals surface area contributed by atoms with Crippen LogP contribution < -0.4 is 10.2 Å². The molecule has 3 aromatic rings. The maximum Gasteiger partial charge on any atom is 0.198 e. The minimum Gasteiger partial charge on any atom is -0.356 e. The summed E-state index contributed by atoms with van der Waals surface area (Å²) in [5.74, 6) is 0.933. The highest BCUT2D eigenvalue weighted by molar-refractivity contribution is 5.98. The molecule has 0 aliphatic carbocycles. The second-order valence-corrected chi connectivity index (χ2v) is 6.18. The first-order valence-corrected chi connectivity index (χ1v) is 8.83. The van der Waals surface area contributed by atoms with Gasteiger partial charge in [-0.15, -0.1) is 0 Å². The van der Waals surface area contributed by atoms with Gasteiger partial charge in [-0.3, -0.25) is 4.98 Å². The van der Waals surface area contributed by atoms with Crippen LogP contribution in [0.5, 0.6) is 0 Å². The molecule has 126 valence electrons. The molecule has 1 N–H and O–H groups in total. The number of hydrogen-bond acceptors (Lipinski definition) is 2. The third kappa shape index (κ3) is 3.07. The van der Waals surface area contributed by atoms with Crippen LogP contribution in [-0.4, -0.2) is 24.0 Å². The monoisotopic (exact) mass is 330 g/mol. The van der Waals surface area contributed by atoms with Gasteiger partial charge in [0, 0.05) is 30.4 Å². The fraction of sp³-hybridized carbons (Fsp3) is 0.238. The Morgan fingerprint density at radius 3 is 2.88 bits per heavy atom. The number of hydrogen-bond donors (Lipinski definition) is 1. The molecule has 0 unspecified atom stereocenters. The zero-order valence-electron chi connectivity index (χ0n) is 14.4. The van der Waals surface area contributed by atoms with Crippen LogP contribution in [0.15, 0.2) is 65.8 Å². The number of nitrogens with one attached hydrogen (secondary N) is 1. The number of rotatable bonds is 3. The summed E-state index contributed by atoms with van der Waals surface area (Å²) in [5, 5.41) is 5.81. The standard InChI is InChI=1S/C21H22N4/c1-2-22-21(25-14-12-17-8-4-6-10-20(17)25)24-15-19-18-9-5-3-7-16(18)11-13-23-19/h3-11,13H,2,12,14-15H2,1H3,(H,22,24). The van der Waals surface area contributed by atoms with Crippen molar-refractivity contribution in [1.29, 1.82) is 0 Å². The molecular formula is C21H22N4. The Bertz CT molecular complexity index is 911. The van der Waals surface area contributed by atoms with Crippen LogP contribution in [0.1, 0.15) is 18.2 Å². The van der Waals surface area contributed by atoms with Gasteiger partial charge in [-0.05, 0) is 36.4 Å². The fourth-order valence-corrected chi connectivity index (χ4v) is 3.41. The molecule has 0 radical (unpaired) electrons. The van der Waals surface area contributed by atoms with Gasteiger partial charge < -0.3 is 10.2 Å². The van der Waals surface area contributed by atoms with Crippen molar-refractivity contribution in [3.05, 3.63) is 72.1 Å². The Kier molecular flexibility index (Phi) is 4.34. The van der Waals surface area contributed by atoms with Crippen LogP contribution in [0.2, 0.25) is 0 Å². The average Bonchev–Trinajstić information content (AvgIpc) is 3.09. The SMILES string of the molecule is CCNC(=NCc1nccc2ccccc12)N1CCc2ccccc21. The summed E-state index contributed by atoms with van der Waals surface area (Å²) in [4.78, 5) is 11.7. The summed E-state index contributed by atoms with van der Waals surface area (Å²) >= 11 is 0. The molecular weight excluding hydrogens is 308 g/mol. The van der Waals surface area contributed by atoms with Crippen LogP contribution >= 0.6 is 0 Å². The van der Waals surface area contributed by atoms with Gasteiger partial charge in [0.2, 0.25) is 0 Å². The van der Waals surface area contributed by atoms with E-state index in [9.17, 15) is 0 Å². The molecule has 0 amide bonds. The van der Waals surface area contributed by atoms with Crippen LogP contribution in [0, 0.1) is 0 Å². The van der Waals surface area contributed by atoms with Crippen molar-refractivity contribution in [3.63, 3.8) is 0 Å². The van der Waals surface area contributed by atoms with E-state index >= 15 is 0 Å². The Morgan fingerprint density at radius 2 is 1.96 bits per heavy atom. The molecule has 0 atom stereocenters. The van der Waals surface area contributed by atoms with E-state index in [2.05, 4.69) is 70.7 Å². The van der Waals surface area contributed by atoms with Crippen molar-refractivity contribution < 1.29 is 0 Å². The molecule has 2 heterocycles. The lowest BCUT2D eigenvalue weighted by molar-refractivity contribution is 0.876. The number of pyridine rings is 1. The number of aromatic nitrogens is 1. The Balaban J connectivity index is 1.65. The topological polar surface area (TPSA) is 40.5 Å². The predicted molar refractivity (Wildman–Crippen MR) is 104 cm³/mol. The third-order valence-corrected chi connectivity index (χ3v) is 4.61. The number of aliphatic imine (C=N–C) groups is 1. The summed E-state index contributed by atoms with van der Waals surface area (Å²) in [6.07, 6.45) is 2.93. The first kappa shape index (κ1) is 15.6. The predicted octanol–water partition coefficient (Wildman–Crippen LogP) is 3.76. The van der Waals surface area contributed by atoms with Gasteiger partial charge in [0.1, 0.15) is 0 Å². The van der Waals surface area contributed by atoms with E-state index < -0.39 is 0 Å². The Hall–Kier alpha value is -2.88. The average molecular weight is 330 g/mol. The first-order chi connectivity index (χ1) is 12.4. The van der Waals surface area contributed by atoms with Gasteiger partial charge in [-0.2, -0.15) is 0 Å². The molecule has 1 aromatic heterocycles. The van der Waals surface area contributed by atoms with Gasteiger partial charge in [-0.1, -0.05) is 42.5 Å². The van der Waals surface area contributed by atoms with Gasteiger partial charge in [0.25, 0.3) is 0 Å². The third-order valence-electron chi connectivity index (χ3n) is 4.61. The van der Waals surface area contributed by atoms with Crippen LogP contribution in [0.4, 0.5) is 5.69 Å². The molecule has 2 aromatic carbocycles. The lowest BCUT2D eigenvalue weighted by Crippen LogP contribution is -2.40. The molecule has 4 nitrogen and oxygen atoms in total. The maximum absolute atomic E-state index is 4.88. The van der Waals surface area contributed by atoms with E-state index in [4.69, 9.17) is 4.99 Å². The molecule has 4 rings (SSSR count). The highest BCUT2D eigenvalue weighted by Gasteiger charge is 2.22. The quantitative estimate of drug-likeness (QED) is 0.587. The first-order valence-electron chi connectivity index (χ1n) is 8.83. The van der Waals surface area contributed by atoms with Gasteiger partial charge >= 0.3 is 0 Å². The van der Waals surface area contributed by atoms with E-state index in [-0.39, 0.29) is 0 Å². The van der Waals surface area contributed by atoms with Crippen molar-refractivity contribution in [3.8, 4) is 0 Å². The molecule has 1 aliphatic rings. The van der Waals surface area contributed by atoms with E-state index in [1.54, 1.807) is 0 Å². The molecule has 0 saturated heterocycles. The van der Waals surface area contributed by atoms with Crippen molar-refractivity contribution in [1.82, 2.24) is 10.3 Å². The zero-order chi connectivity index (χ0) is 17.1. The van der Waals surface area contributed by atoms with Crippen molar-refractivity contribution in [2.24, 2.45) is 4.99 Å². The summed E-state index contributed by atoms with van der Waals surface area (Å²) < 4.78 is 0. The van der Waals surface area contributed by atoms with Crippen LogP contribution in [-0.2, 0) is 13.0 Å². The van der Waals surface area contributed by atoms with E-state index in [0.29, 0.717) is 6.54 Å². The second kappa shape index (κ2) is 6.93. The van der Waals surface area contributed by atoms with Crippen LogP contribution in [0.25, 0.3) is 10.8 Å². The van der Waals surface area contributed by atoms with E-state index in [1.165, 1.54) is 22.0 Å². The molecule has 1 aliphatic heterocycles. The lowest BCUT2D eigenvalue weighted by Gasteiger charge is -2.22. The van der Waals surface area contributed by atoms with Crippen LogP contribution in [0.3, 0.4) is 0 Å². The molecule has 0 saturated carbocycles. The van der Waals surface area contributed by atoms with Crippen molar-refractivity contribution >= 4 is 22.4 Å². The number of fused-ring (bicyclic) bond motifs is 2. The van der Waals surface area contributed by atoms with Gasteiger partial charge in [0.15, 0.2) is 5.96 Å². The minimum absolute atomic E-state index is 0.572. The molecule has 0 bridgehead atoms. The highest BCUT2D eigenvalue weighted by atomic mass is 15.3. The number of anilines is 1. The summed E-state index contributed by atoms with van der Waals surface area (Å²) in [7, 11) is 0. The van der Waals surface area contributed by atoms with E-state index in [0.717, 1.165) is 31.2 Å². The molecule has 4 heteroatoms. The van der Waals surface area contributed by atoms with Crippen molar-refractivity contribution in [2.45, 2.75) is 19.9 Å². The van der Waals surface area contributed by atoms with Crippen molar-refractivity contribution in [2.75, 3.05) is 18.0 Å². The molecule has 0 spiro atoms. The van der Waals surface area contributed by atoms with Gasteiger partial charge in [-0.25, -0.2) is 4.99 Å². The maximum atomic E-state index is 4.88. The molecule has 25 heavy (non-hydrogen) atoms. The van der Waals surface area contributed by atoms with Gasteiger partial charge in [0.05, 0.1) is 12.2 Å². The Morgan fingerprint density at radius 1 is 1.12 bits per heavy atom. The normalized spacial score (nSPS) is 14.0. The van der Waals surface area contributed by atoms with E-state index in [1.807, 2.05) is 12.3 Å². The second-order valence-electron chi connectivity index (χ2n) is 6.18. The lowest BCUT2D eigenvalue weighted by atomic mass is 10.1. The zero-order valence-corrected chi connectivity index (χ0v) is 14.4. The Labute approximate surface area is 148 Å². The number of para-hydroxylation sites is 1. The molecule has 0 fully saturated rings. The summed E-state index contributed by atoms with van der Waals surface area (Å²) in [5.41, 5.74) is 3.66. The summed E-state index contributed by atoms with van der Waals surface area (Å²) in [6, 6.07) is 19.0. The highest BCUT2D eigenvalue weighted by Crippen LogP contribution is 2.27. The minimum atomic E-state index is 0.572. The number of guanidine groups is 1. The number of nitrogens with zero attached hydrogens (tertiary/aromatic N) is 3. The number of benzene rings is 2.